The van der Waals surface area contributed by atoms with E-state index in [1.165, 1.54) is 0 Å². The molecule has 3 rings (SSSR count). The van der Waals surface area contributed by atoms with Crippen molar-refractivity contribution in [2.24, 2.45) is 0 Å². The molecule has 27 heavy (non-hydrogen) atoms. The third kappa shape index (κ3) is 3.44. The summed E-state index contributed by atoms with van der Waals surface area (Å²) in [6.07, 6.45) is 0. The molecule has 0 spiro atoms. The van der Waals surface area contributed by atoms with Crippen LogP contribution >= 0.6 is 0 Å². The molecule has 0 aliphatic carbocycles. The number of ether oxygens (including phenoxy) is 1. The first-order valence-corrected chi connectivity index (χ1v) is 9.25. The first-order valence-electron chi connectivity index (χ1n) is 7.81. The maximum absolute atomic E-state index is 14.1. The quantitative estimate of drug-likeness (QED) is 0.434. The lowest BCUT2D eigenvalue weighted by molar-refractivity contribution is -0.0388. The summed E-state index contributed by atoms with van der Waals surface area (Å²) in [4.78, 5) is -1.86. The van der Waals surface area contributed by atoms with E-state index < -0.39 is 50.0 Å². The molecule has 0 amide bonds. The van der Waals surface area contributed by atoms with Crippen molar-refractivity contribution in [3.63, 3.8) is 0 Å². The van der Waals surface area contributed by atoms with Crippen LogP contribution in [0.3, 0.4) is 0 Å². The average molecular weight is 407 g/mol. The second-order valence-corrected chi connectivity index (χ2v) is 7.95. The van der Waals surface area contributed by atoms with Gasteiger partial charge in [0.2, 0.25) is 15.8 Å². The fourth-order valence-electron chi connectivity index (χ4n) is 2.60. The fraction of sp³-hybridized carbons (Fsp3) is 0.294. The van der Waals surface area contributed by atoms with Crippen LogP contribution in [0, 0.1) is 36.0 Å². The van der Waals surface area contributed by atoms with Crippen LogP contribution < -0.4 is 0 Å². The van der Waals surface area contributed by atoms with E-state index in [0.29, 0.717) is 9.87 Å². The van der Waals surface area contributed by atoms with Gasteiger partial charge in [-0.2, -0.15) is 4.31 Å². The Balaban J connectivity index is 2.10. The first-order chi connectivity index (χ1) is 12.6. The summed E-state index contributed by atoms with van der Waals surface area (Å²) in [6.45, 7) is 1.39. The van der Waals surface area contributed by atoms with Crippen LogP contribution in [0.15, 0.2) is 29.2 Å². The molecule has 0 saturated carbocycles. The van der Waals surface area contributed by atoms with E-state index in [1.54, 1.807) is 24.3 Å². The summed E-state index contributed by atoms with van der Waals surface area (Å²) in [5, 5.41) is 0. The van der Waals surface area contributed by atoms with Gasteiger partial charge in [-0.1, -0.05) is 29.8 Å². The van der Waals surface area contributed by atoms with Gasteiger partial charge in [-0.15, -0.1) is 0 Å². The van der Waals surface area contributed by atoms with Crippen molar-refractivity contribution in [1.82, 2.24) is 4.31 Å². The zero-order valence-corrected chi connectivity index (χ0v) is 14.8. The number of halogens is 5. The molecule has 146 valence electrons. The van der Waals surface area contributed by atoms with Crippen molar-refractivity contribution in [2.45, 2.75) is 24.4 Å². The zero-order valence-electron chi connectivity index (χ0n) is 14.0. The molecule has 1 aliphatic heterocycles. The summed E-state index contributed by atoms with van der Waals surface area (Å²) in [5.74, 6) is -11.8. The first kappa shape index (κ1) is 19.7. The van der Waals surface area contributed by atoms with Crippen LogP contribution in [0.2, 0.25) is 0 Å². The average Bonchev–Trinajstić information content (AvgIpc) is 2.58. The lowest BCUT2D eigenvalue weighted by Gasteiger charge is -2.36. The predicted octanol–water partition coefficient (Wildman–Crippen LogP) is 3.28. The normalized spacial score (nSPS) is 15.2. The SMILES string of the molecule is Cc1ccc(CN(C2COC2)S(=O)(=O)c2c(F)c(F)c(F)c(F)c2F)cc1. The Bertz CT molecular complexity index is 946. The molecule has 1 heterocycles. The molecule has 0 atom stereocenters. The molecule has 1 fully saturated rings. The molecule has 0 radical (unpaired) electrons. The number of sulfonamides is 1. The zero-order chi connectivity index (χ0) is 19.9. The van der Waals surface area contributed by atoms with Crippen LogP contribution in [-0.2, 0) is 21.3 Å². The molecule has 0 bridgehead atoms. The van der Waals surface area contributed by atoms with Crippen molar-refractivity contribution in [2.75, 3.05) is 13.2 Å². The van der Waals surface area contributed by atoms with E-state index in [9.17, 15) is 30.4 Å². The minimum Gasteiger partial charge on any atom is -0.378 e. The highest BCUT2D eigenvalue weighted by Crippen LogP contribution is 2.32. The van der Waals surface area contributed by atoms with E-state index in [4.69, 9.17) is 4.74 Å². The van der Waals surface area contributed by atoms with Gasteiger partial charge in [0.15, 0.2) is 28.2 Å². The van der Waals surface area contributed by atoms with Crippen LogP contribution in [0.1, 0.15) is 11.1 Å². The van der Waals surface area contributed by atoms with Crippen molar-refractivity contribution in [1.29, 1.82) is 0 Å². The van der Waals surface area contributed by atoms with E-state index in [-0.39, 0.29) is 19.8 Å². The highest BCUT2D eigenvalue weighted by atomic mass is 32.2. The number of benzene rings is 2. The summed E-state index contributed by atoms with van der Waals surface area (Å²) in [5.41, 5.74) is 1.39. The minimum atomic E-state index is -5.04. The molecule has 2 aromatic carbocycles. The van der Waals surface area contributed by atoms with Crippen molar-refractivity contribution >= 4 is 10.0 Å². The number of hydrogen-bond acceptors (Lipinski definition) is 3. The minimum absolute atomic E-state index is 0.0551. The maximum Gasteiger partial charge on any atom is 0.249 e. The third-order valence-corrected chi connectivity index (χ3v) is 6.14. The van der Waals surface area contributed by atoms with Gasteiger partial charge in [0, 0.05) is 6.54 Å². The Kier molecular flexibility index (Phi) is 5.24. The topological polar surface area (TPSA) is 46.6 Å². The molecule has 0 unspecified atom stereocenters. The number of nitrogens with zero attached hydrogens (tertiary/aromatic N) is 1. The summed E-state index contributed by atoms with van der Waals surface area (Å²) in [6, 6.07) is 5.84. The fourth-order valence-corrected chi connectivity index (χ4v) is 4.30. The van der Waals surface area contributed by atoms with Gasteiger partial charge >= 0.3 is 0 Å². The molecular formula is C17H14F5NO3S. The standard InChI is InChI=1S/C17H14F5NO3S/c1-9-2-4-10(5-3-9)6-23(11-7-26-8-11)27(24,25)17-15(21)13(19)12(18)14(20)16(17)22/h2-5,11H,6-8H2,1H3. The van der Waals surface area contributed by atoms with Gasteiger partial charge < -0.3 is 4.74 Å². The van der Waals surface area contributed by atoms with E-state index in [0.717, 1.165) is 5.56 Å². The predicted molar refractivity (Wildman–Crippen MR) is 84.7 cm³/mol. The van der Waals surface area contributed by atoms with Crippen molar-refractivity contribution < 1.29 is 35.1 Å². The second kappa shape index (κ2) is 7.17. The summed E-state index contributed by atoms with van der Waals surface area (Å²) < 4.78 is 99.7. The van der Waals surface area contributed by atoms with E-state index in [1.807, 2.05) is 6.92 Å². The largest absolute Gasteiger partial charge is 0.378 e. The van der Waals surface area contributed by atoms with Gasteiger partial charge in [-0.25, -0.2) is 30.4 Å². The Hall–Kier alpha value is -2.04. The number of hydrogen-bond donors (Lipinski definition) is 0. The lowest BCUT2D eigenvalue weighted by Crippen LogP contribution is -2.51. The van der Waals surface area contributed by atoms with Gasteiger partial charge in [-0.3, -0.25) is 0 Å². The van der Waals surface area contributed by atoms with Gasteiger partial charge in [0.25, 0.3) is 0 Å². The molecule has 0 N–H and O–H groups in total. The van der Waals surface area contributed by atoms with Crippen molar-refractivity contribution in [3.05, 3.63) is 64.5 Å². The maximum atomic E-state index is 14.1. The van der Waals surface area contributed by atoms with Gasteiger partial charge in [0.05, 0.1) is 19.3 Å². The third-order valence-electron chi connectivity index (χ3n) is 4.22. The number of rotatable bonds is 5. The van der Waals surface area contributed by atoms with E-state index >= 15 is 0 Å². The molecular weight excluding hydrogens is 393 g/mol. The summed E-state index contributed by atoms with van der Waals surface area (Å²) >= 11 is 0. The molecule has 10 heteroatoms. The lowest BCUT2D eigenvalue weighted by atomic mass is 10.1. The highest BCUT2D eigenvalue weighted by molar-refractivity contribution is 7.89. The molecule has 1 aliphatic rings. The van der Waals surface area contributed by atoms with Crippen LogP contribution in [-0.4, -0.2) is 32.0 Å². The highest BCUT2D eigenvalue weighted by Gasteiger charge is 2.42. The van der Waals surface area contributed by atoms with Gasteiger partial charge in [0.1, 0.15) is 0 Å². The Morgan fingerprint density at radius 2 is 1.41 bits per heavy atom. The smallest absolute Gasteiger partial charge is 0.249 e. The van der Waals surface area contributed by atoms with E-state index in [2.05, 4.69) is 0 Å². The molecule has 2 aromatic rings. The Morgan fingerprint density at radius 3 is 1.85 bits per heavy atom. The van der Waals surface area contributed by atoms with Crippen LogP contribution in [0.4, 0.5) is 22.0 Å². The molecule has 0 aromatic heterocycles. The Morgan fingerprint density at radius 1 is 0.926 bits per heavy atom. The van der Waals surface area contributed by atoms with Crippen LogP contribution in [0.5, 0.6) is 0 Å². The second-order valence-electron chi connectivity index (χ2n) is 6.13. The molecule has 4 nitrogen and oxygen atoms in total. The summed E-state index contributed by atoms with van der Waals surface area (Å²) in [7, 11) is -5.04. The van der Waals surface area contributed by atoms with Crippen molar-refractivity contribution in [3.8, 4) is 0 Å². The van der Waals surface area contributed by atoms with Crippen LogP contribution in [0.25, 0.3) is 0 Å². The molecule has 1 saturated heterocycles. The monoisotopic (exact) mass is 407 g/mol. The van der Waals surface area contributed by atoms with Gasteiger partial charge in [-0.05, 0) is 12.5 Å². The Labute approximate surface area is 152 Å². The number of aryl methyl sites for hydroxylation is 1.